The van der Waals surface area contributed by atoms with Gasteiger partial charge in [-0.1, -0.05) is 12.1 Å². The third-order valence-corrected chi connectivity index (χ3v) is 5.28. The van der Waals surface area contributed by atoms with E-state index >= 15 is 0 Å². The number of rotatable bonds is 4. The molecular formula is C22H22N2O4. The number of nitrogens with zero attached hydrogens (tertiary/aromatic N) is 1. The molecule has 2 aromatic carbocycles. The van der Waals surface area contributed by atoms with Gasteiger partial charge in [0, 0.05) is 17.9 Å². The minimum atomic E-state index is -0.364. The molecule has 0 spiro atoms. The van der Waals surface area contributed by atoms with Crippen LogP contribution >= 0.6 is 0 Å². The smallest absolute Gasteiger partial charge is 0.261 e. The summed E-state index contributed by atoms with van der Waals surface area (Å²) in [4.78, 5) is 39.3. The molecule has 0 aromatic heterocycles. The number of aryl methyl sites for hydroxylation is 2. The van der Waals surface area contributed by atoms with Gasteiger partial charge in [0.2, 0.25) is 0 Å². The van der Waals surface area contributed by atoms with E-state index in [0.717, 1.165) is 29.7 Å². The normalized spacial score (nSPS) is 18.5. The maximum absolute atomic E-state index is 12.7. The van der Waals surface area contributed by atoms with Crippen LogP contribution in [0.3, 0.4) is 0 Å². The molecule has 1 fully saturated rings. The highest BCUT2D eigenvalue weighted by atomic mass is 16.5. The molecule has 0 radical (unpaired) electrons. The van der Waals surface area contributed by atoms with Gasteiger partial charge < -0.3 is 10.1 Å². The second-order valence-corrected chi connectivity index (χ2v) is 7.39. The Hall–Kier alpha value is -2.99. The molecular weight excluding hydrogens is 356 g/mol. The predicted octanol–water partition coefficient (Wildman–Crippen LogP) is 3.33. The third kappa shape index (κ3) is 3.31. The van der Waals surface area contributed by atoms with Gasteiger partial charge in [0.15, 0.2) is 0 Å². The molecule has 1 atom stereocenters. The summed E-state index contributed by atoms with van der Waals surface area (Å²) < 4.78 is 5.55. The zero-order valence-electron chi connectivity index (χ0n) is 16.0. The van der Waals surface area contributed by atoms with Gasteiger partial charge in [-0.15, -0.1) is 0 Å². The highest BCUT2D eigenvalue weighted by Crippen LogP contribution is 2.26. The summed E-state index contributed by atoms with van der Waals surface area (Å²) in [5, 5.41) is 2.89. The molecule has 6 nitrogen and oxygen atoms in total. The standard InChI is InChI=1S/C22H22N2O4/c1-13-5-6-14(2)19(10-13)23-20(25)15-7-8-17-18(11-15)22(27)24(21(17)26)12-16-4-3-9-28-16/h5-8,10-11,16H,3-4,9,12H2,1-2H3,(H,23,25). The fraction of sp³-hybridized carbons (Fsp3) is 0.318. The van der Waals surface area contributed by atoms with E-state index in [1.54, 1.807) is 12.1 Å². The molecule has 0 saturated carbocycles. The van der Waals surface area contributed by atoms with E-state index < -0.39 is 0 Å². The van der Waals surface area contributed by atoms with Crippen molar-refractivity contribution in [2.45, 2.75) is 32.8 Å². The molecule has 2 heterocycles. The summed E-state index contributed by atoms with van der Waals surface area (Å²) in [5.41, 5.74) is 3.69. The molecule has 1 unspecified atom stereocenters. The van der Waals surface area contributed by atoms with Crippen LogP contribution in [0.4, 0.5) is 5.69 Å². The van der Waals surface area contributed by atoms with E-state index in [1.807, 2.05) is 32.0 Å². The number of carbonyl (C=O) groups is 3. The van der Waals surface area contributed by atoms with Crippen molar-refractivity contribution in [1.82, 2.24) is 4.90 Å². The molecule has 1 saturated heterocycles. The quantitative estimate of drug-likeness (QED) is 0.828. The van der Waals surface area contributed by atoms with E-state index in [4.69, 9.17) is 4.74 Å². The first kappa shape index (κ1) is 18.4. The number of ether oxygens (including phenoxy) is 1. The van der Waals surface area contributed by atoms with Crippen LogP contribution in [0.5, 0.6) is 0 Å². The number of fused-ring (bicyclic) bond motifs is 1. The SMILES string of the molecule is Cc1ccc(C)c(NC(=O)c2ccc3c(c2)C(=O)N(CC2CCCO2)C3=O)c1. The highest BCUT2D eigenvalue weighted by Gasteiger charge is 2.37. The van der Waals surface area contributed by atoms with E-state index in [-0.39, 0.29) is 35.9 Å². The van der Waals surface area contributed by atoms with Crippen molar-refractivity contribution in [2.24, 2.45) is 0 Å². The lowest BCUT2D eigenvalue weighted by atomic mass is 10.0. The molecule has 2 aliphatic rings. The number of carbonyl (C=O) groups excluding carboxylic acids is 3. The summed E-state index contributed by atoms with van der Waals surface area (Å²) in [6, 6.07) is 10.5. The van der Waals surface area contributed by atoms with E-state index in [9.17, 15) is 14.4 Å². The maximum Gasteiger partial charge on any atom is 0.261 e. The van der Waals surface area contributed by atoms with Crippen molar-refractivity contribution in [3.63, 3.8) is 0 Å². The average molecular weight is 378 g/mol. The van der Waals surface area contributed by atoms with E-state index in [0.29, 0.717) is 17.7 Å². The van der Waals surface area contributed by atoms with Gasteiger partial charge in [0.05, 0.1) is 23.8 Å². The van der Waals surface area contributed by atoms with Crippen molar-refractivity contribution in [2.75, 3.05) is 18.5 Å². The van der Waals surface area contributed by atoms with Crippen molar-refractivity contribution in [3.8, 4) is 0 Å². The van der Waals surface area contributed by atoms with Gasteiger partial charge in [0.25, 0.3) is 17.7 Å². The van der Waals surface area contributed by atoms with Crippen molar-refractivity contribution in [3.05, 3.63) is 64.2 Å². The Bertz CT molecular complexity index is 976. The van der Waals surface area contributed by atoms with Crippen LogP contribution in [0.25, 0.3) is 0 Å². The monoisotopic (exact) mass is 378 g/mol. The molecule has 6 heteroatoms. The van der Waals surface area contributed by atoms with Gasteiger partial charge >= 0.3 is 0 Å². The Morgan fingerprint density at radius 1 is 1.11 bits per heavy atom. The second-order valence-electron chi connectivity index (χ2n) is 7.39. The summed E-state index contributed by atoms with van der Waals surface area (Å²) >= 11 is 0. The van der Waals surface area contributed by atoms with Crippen LogP contribution in [-0.4, -0.2) is 41.9 Å². The van der Waals surface area contributed by atoms with Crippen LogP contribution in [0.15, 0.2) is 36.4 Å². The summed E-state index contributed by atoms with van der Waals surface area (Å²) in [6.45, 7) is 4.80. The van der Waals surface area contributed by atoms with Crippen molar-refractivity contribution >= 4 is 23.4 Å². The molecule has 2 aromatic rings. The Labute approximate surface area is 163 Å². The van der Waals surface area contributed by atoms with E-state index in [2.05, 4.69) is 5.32 Å². The first-order chi connectivity index (χ1) is 13.4. The fourth-order valence-electron chi connectivity index (χ4n) is 3.65. The van der Waals surface area contributed by atoms with Gasteiger partial charge in [-0.2, -0.15) is 0 Å². The van der Waals surface area contributed by atoms with Gasteiger partial charge in [-0.25, -0.2) is 0 Å². The van der Waals surface area contributed by atoms with Crippen LogP contribution in [-0.2, 0) is 4.74 Å². The highest BCUT2D eigenvalue weighted by molar-refractivity contribution is 6.22. The average Bonchev–Trinajstić information content (AvgIpc) is 3.27. The molecule has 0 aliphatic carbocycles. The van der Waals surface area contributed by atoms with E-state index in [1.165, 1.54) is 11.0 Å². The fourth-order valence-corrected chi connectivity index (χ4v) is 3.65. The van der Waals surface area contributed by atoms with Gasteiger partial charge in [-0.3, -0.25) is 19.3 Å². The second kappa shape index (κ2) is 7.20. The molecule has 28 heavy (non-hydrogen) atoms. The van der Waals surface area contributed by atoms with Crippen LogP contribution < -0.4 is 5.32 Å². The minimum absolute atomic E-state index is 0.103. The molecule has 4 rings (SSSR count). The zero-order chi connectivity index (χ0) is 19.8. The van der Waals surface area contributed by atoms with Crippen LogP contribution in [0.2, 0.25) is 0 Å². The maximum atomic E-state index is 12.7. The number of anilines is 1. The predicted molar refractivity (Wildman–Crippen MR) is 105 cm³/mol. The Kier molecular flexibility index (Phi) is 4.73. The van der Waals surface area contributed by atoms with Gasteiger partial charge in [-0.05, 0) is 62.1 Å². The number of benzene rings is 2. The molecule has 144 valence electrons. The zero-order valence-corrected chi connectivity index (χ0v) is 16.0. The lowest BCUT2D eigenvalue weighted by Crippen LogP contribution is -2.36. The Balaban J connectivity index is 1.55. The van der Waals surface area contributed by atoms with Crippen LogP contribution in [0, 0.1) is 13.8 Å². The number of imide groups is 1. The summed E-state index contributed by atoms with van der Waals surface area (Å²) in [7, 11) is 0. The Morgan fingerprint density at radius 2 is 1.89 bits per heavy atom. The molecule has 0 bridgehead atoms. The third-order valence-electron chi connectivity index (χ3n) is 5.28. The number of hydrogen-bond acceptors (Lipinski definition) is 4. The van der Waals surface area contributed by atoms with Crippen molar-refractivity contribution in [1.29, 1.82) is 0 Å². The number of amides is 3. The van der Waals surface area contributed by atoms with Crippen molar-refractivity contribution < 1.29 is 19.1 Å². The lowest BCUT2D eigenvalue weighted by molar-refractivity contribution is 0.0475. The molecule has 3 amide bonds. The first-order valence-electron chi connectivity index (χ1n) is 9.44. The minimum Gasteiger partial charge on any atom is -0.376 e. The van der Waals surface area contributed by atoms with Crippen LogP contribution in [0.1, 0.15) is 55.0 Å². The molecule has 2 aliphatic heterocycles. The molecule has 1 N–H and O–H groups in total. The summed E-state index contributed by atoms with van der Waals surface area (Å²) in [5.74, 6) is -0.997. The lowest BCUT2D eigenvalue weighted by Gasteiger charge is -2.17. The van der Waals surface area contributed by atoms with Gasteiger partial charge in [0.1, 0.15) is 0 Å². The Morgan fingerprint density at radius 3 is 2.64 bits per heavy atom. The number of hydrogen-bond donors (Lipinski definition) is 1. The topological polar surface area (TPSA) is 75.7 Å². The largest absolute Gasteiger partial charge is 0.376 e. The first-order valence-corrected chi connectivity index (χ1v) is 9.44. The number of nitrogens with one attached hydrogen (secondary N) is 1. The summed E-state index contributed by atoms with van der Waals surface area (Å²) in [6.07, 6.45) is 1.68.